The highest BCUT2D eigenvalue weighted by Crippen LogP contribution is 2.26. The Morgan fingerprint density at radius 2 is 1.67 bits per heavy atom. The third kappa shape index (κ3) is 6.06. The molecule has 1 saturated heterocycles. The van der Waals surface area contributed by atoms with Crippen LogP contribution in [0.2, 0.25) is 10.0 Å². The largest absolute Gasteiger partial charge is 0.326 e. The van der Waals surface area contributed by atoms with Gasteiger partial charge in [-0.25, -0.2) is 4.79 Å². The molecular formula is C26H24Cl2N4O. The molecule has 1 aliphatic heterocycles. The number of nitrogens with one attached hydrogen (secondary N) is 1. The van der Waals surface area contributed by atoms with Crippen molar-refractivity contribution in [1.29, 1.82) is 5.26 Å². The van der Waals surface area contributed by atoms with E-state index in [1.807, 2.05) is 42.5 Å². The summed E-state index contributed by atoms with van der Waals surface area (Å²) in [6, 6.07) is 22.2. The Balaban J connectivity index is 1.56. The standard InChI is InChI=1S/C26H24Cl2N4O/c27-22-15-23(28)17-24(16-22)30-26(33)32(13-12-31-10-1-2-11-31)25-8-6-20(7-9-25)21-5-3-4-19(14-21)18-29/h3-9,14-17H,1-2,10-13H2,(H,30,33). The summed E-state index contributed by atoms with van der Waals surface area (Å²) in [4.78, 5) is 17.4. The summed E-state index contributed by atoms with van der Waals surface area (Å²) in [7, 11) is 0. The van der Waals surface area contributed by atoms with E-state index in [4.69, 9.17) is 28.5 Å². The Kier molecular flexibility index (Phi) is 7.51. The number of anilines is 2. The van der Waals surface area contributed by atoms with Crippen LogP contribution in [0.15, 0.2) is 66.7 Å². The highest BCUT2D eigenvalue weighted by molar-refractivity contribution is 6.35. The van der Waals surface area contributed by atoms with Gasteiger partial charge in [0.25, 0.3) is 0 Å². The van der Waals surface area contributed by atoms with Crippen molar-refractivity contribution in [2.75, 3.05) is 36.4 Å². The third-order valence-corrected chi connectivity index (χ3v) is 6.14. The number of rotatable bonds is 6. The van der Waals surface area contributed by atoms with Crippen molar-refractivity contribution >= 4 is 40.6 Å². The van der Waals surface area contributed by atoms with Crippen LogP contribution in [0.25, 0.3) is 11.1 Å². The molecule has 0 atom stereocenters. The first kappa shape index (κ1) is 23.1. The van der Waals surface area contributed by atoms with E-state index in [1.54, 1.807) is 29.2 Å². The molecule has 0 radical (unpaired) electrons. The van der Waals surface area contributed by atoms with Crippen LogP contribution in [0, 0.1) is 11.3 Å². The molecule has 2 amide bonds. The zero-order chi connectivity index (χ0) is 23.2. The maximum Gasteiger partial charge on any atom is 0.326 e. The molecule has 1 heterocycles. The van der Waals surface area contributed by atoms with Gasteiger partial charge in [-0.2, -0.15) is 5.26 Å². The number of amides is 2. The van der Waals surface area contributed by atoms with Crippen molar-refractivity contribution in [3.05, 3.63) is 82.3 Å². The molecule has 0 spiro atoms. The van der Waals surface area contributed by atoms with E-state index in [2.05, 4.69) is 16.3 Å². The van der Waals surface area contributed by atoms with E-state index >= 15 is 0 Å². The lowest BCUT2D eigenvalue weighted by Crippen LogP contribution is -2.40. The van der Waals surface area contributed by atoms with Crippen LogP contribution >= 0.6 is 23.2 Å². The molecule has 1 fully saturated rings. The SMILES string of the molecule is N#Cc1cccc(-c2ccc(N(CCN3CCCC3)C(=O)Nc3cc(Cl)cc(Cl)c3)cc2)c1. The van der Waals surface area contributed by atoms with Crippen LogP contribution in [0.1, 0.15) is 18.4 Å². The number of nitriles is 1. The van der Waals surface area contributed by atoms with Gasteiger partial charge in [-0.1, -0.05) is 47.5 Å². The van der Waals surface area contributed by atoms with Gasteiger partial charge in [0.15, 0.2) is 0 Å². The topological polar surface area (TPSA) is 59.4 Å². The summed E-state index contributed by atoms with van der Waals surface area (Å²) in [5, 5.41) is 13.0. The number of nitrogens with zero attached hydrogens (tertiary/aromatic N) is 3. The van der Waals surface area contributed by atoms with Gasteiger partial charge in [-0.15, -0.1) is 0 Å². The van der Waals surface area contributed by atoms with Crippen LogP contribution in [-0.4, -0.2) is 37.1 Å². The molecule has 7 heteroatoms. The molecule has 0 bridgehead atoms. The lowest BCUT2D eigenvalue weighted by atomic mass is 10.0. The first-order chi connectivity index (χ1) is 16.0. The Morgan fingerprint density at radius 3 is 2.33 bits per heavy atom. The second kappa shape index (κ2) is 10.7. The van der Waals surface area contributed by atoms with Crippen molar-refractivity contribution in [1.82, 2.24) is 4.90 Å². The van der Waals surface area contributed by atoms with Crippen molar-refractivity contribution in [2.45, 2.75) is 12.8 Å². The summed E-state index contributed by atoms with van der Waals surface area (Å²) in [5.74, 6) is 0. The van der Waals surface area contributed by atoms with E-state index < -0.39 is 0 Å². The Bertz CT molecular complexity index is 1150. The molecule has 3 aromatic rings. The van der Waals surface area contributed by atoms with Gasteiger partial charge in [0.1, 0.15) is 0 Å². The predicted octanol–water partition coefficient (Wildman–Crippen LogP) is 6.67. The average molecular weight is 479 g/mol. The van der Waals surface area contributed by atoms with Gasteiger partial charge in [-0.3, -0.25) is 4.90 Å². The van der Waals surface area contributed by atoms with Gasteiger partial charge >= 0.3 is 6.03 Å². The summed E-state index contributed by atoms with van der Waals surface area (Å²) in [6.07, 6.45) is 2.40. The lowest BCUT2D eigenvalue weighted by molar-refractivity contribution is 0.255. The van der Waals surface area contributed by atoms with Crippen LogP contribution < -0.4 is 10.2 Å². The van der Waals surface area contributed by atoms with Gasteiger partial charge < -0.3 is 10.2 Å². The van der Waals surface area contributed by atoms with Crippen LogP contribution in [0.3, 0.4) is 0 Å². The monoisotopic (exact) mass is 478 g/mol. The average Bonchev–Trinajstić information content (AvgIpc) is 3.33. The highest BCUT2D eigenvalue weighted by Gasteiger charge is 2.19. The van der Waals surface area contributed by atoms with E-state index in [9.17, 15) is 4.79 Å². The molecule has 1 N–H and O–H groups in total. The van der Waals surface area contributed by atoms with Crippen molar-refractivity contribution in [3.8, 4) is 17.2 Å². The highest BCUT2D eigenvalue weighted by atomic mass is 35.5. The van der Waals surface area contributed by atoms with Gasteiger partial charge in [0.2, 0.25) is 0 Å². The quantitative estimate of drug-likeness (QED) is 0.430. The fraction of sp³-hybridized carbons (Fsp3) is 0.231. The molecule has 3 aromatic carbocycles. The number of carbonyl (C=O) groups is 1. The van der Waals surface area contributed by atoms with E-state index in [0.717, 1.165) is 36.4 Å². The smallest absolute Gasteiger partial charge is 0.307 e. The van der Waals surface area contributed by atoms with Crippen LogP contribution in [0.5, 0.6) is 0 Å². The number of benzene rings is 3. The van der Waals surface area contributed by atoms with Crippen LogP contribution in [0.4, 0.5) is 16.2 Å². The first-order valence-corrected chi connectivity index (χ1v) is 11.6. The first-order valence-electron chi connectivity index (χ1n) is 10.9. The van der Waals surface area contributed by atoms with Crippen molar-refractivity contribution in [2.24, 2.45) is 0 Å². The normalized spacial score (nSPS) is 13.5. The number of urea groups is 1. The summed E-state index contributed by atoms with van der Waals surface area (Å²) in [5.41, 5.74) is 3.90. The Hall–Kier alpha value is -3.04. The Labute approximate surface area is 204 Å². The minimum Gasteiger partial charge on any atom is -0.307 e. The number of hydrogen-bond acceptors (Lipinski definition) is 3. The molecule has 0 unspecified atom stereocenters. The molecule has 168 valence electrons. The van der Waals surface area contributed by atoms with Gasteiger partial charge in [-0.05, 0) is 79.5 Å². The molecule has 0 saturated carbocycles. The number of carbonyl (C=O) groups excluding carboxylic acids is 1. The summed E-state index contributed by atoms with van der Waals surface area (Å²) in [6.45, 7) is 3.49. The molecule has 33 heavy (non-hydrogen) atoms. The summed E-state index contributed by atoms with van der Waals surface area (Å²) < 4.78 is 0. The maximum atomic E-state index is 13.3. The second-order valence-corrected chi connectivity index (χ2v) is 8.90. The molecular weight excluding hydrogens is 455 g/mol. The fourth-order valence-corrected chi connectivity index (χ4v) is 4.54. The maximum absolute atomic E-state index is 13.3. The molecule has 5 nitrogen and oxygen atoms in total. The predicted molar refractivity (Wildman–Crippen MR) is 135 cm³/mol. The number of halogens is 2. The van der Waals surface area contributed by atoms with E-state index in [-0.39, 0.29) is 6.03 Å². The summed E-state index contributed by atoms with van der Waals surface area (Å²) >= 11 is 12.2. The van der Waals surface area contributed by atoms with Gasteiger partial charge in [0.05, 0.1) is 11.6 Å². The minimum atomic E-state index is -0.244. The molecule has 0 aliphatic carbocycles. The van der Waals surface area contributed by atoms with Crippen molar-refractivity contribution in [3.63, 3.8) is 0 Å². The van der Waals surface area contributed by atoms with Crippen LogP contribution in [-0.2, 0) is 0 Å². The van der Waals surface area contributed by atoms with E-state index in [1.165, 1.54) is 12.8 Å². The third-order valence-electron chi connectivity index (χ3n) is 5.70. The Morgan fingerprint density at radius 1 is 0.970 bits per heavy atom. The molecule has 4 rings (SSSR count). The molecule has 0 aromatic heterocycles. The van der Waals surface area contributed by atoms with Gasteiger partial charge in [0, 0.05) is 34.5 Å². The number of likely N-dealkylation sites (tertiary alicyclic amines) is 1. The minimum absolute atomic E-state index is 0.244. The van der Waals surface area contributed by atoms with Crippen molar-refractivity contribution < 1.29 is 4.79 Å². The van der Waals surface area contributed by atoms with E-state index in [0.29, 0.717) is 27.8 Å². The zero-order valence-corrected chi connectivity index (χ0v) is 19.6. The zero-order valence-electron chi connectivity index (χ0n) is 18.1. The number of hydrogen-bond donors (Lipinski definition) is 1. The fourth-order valence-electron chi connectivity index (χ4n) is 4.01. The molecule has 1 aliphatic rings. The lowest BCUT2D eigenvalue weighted by Gasteiger charge is -2.26. The second-order valence-electron chi connectivity index (χ2n) is 8.03.